The maximum Gasteiger partial charge on any atom is 0.303 e. The van der Waals surface area contributed by atoms with Crippen molar-refractivity contribution in [3.63, 3.8) is 0 Å². The molecule has 2 aliphatic rings. The van der Waals surface area contributed by atoms with Gasteiger partial charge in [0.15, 0.2) is 6.29 Å². The van der Waals surface area contributed by atoms with Crippen molar-refractivity contribution in [2.45, 2.75) is 63.8 Å². The smallest absolute Gasteiger partial charge is 0.303 e. The Morgan fingerprint density at radius 3 is 2.35 bits per heavy atom. The lowest BCUT2D eigenvalue weighted by molar-refractivity contribution is -0.276. The van der Waals surface area contributed by atoms with Crippen LogP contribution in [0.2, 0.25) is 0 Å². The van der Waals surface area contributed by atoms with Gasteiger partial charge >= 0.3 is 5.97 Å². The monoisotopic (exact) mass is 512 g/mol. The summed E-state index contributed by atoms with van der Waals surface area (Å²) in [5, 5.41) is 30.9. The van der Waals surface area contributed by atoms with E-state index in [0.29, 0.717) is 18.8 Å². The van der Waals surface area contributed by atoms with Gasteiger partial charge in [-0.05, 0) is 36.1 Å². The first-order valence-electron chi connectivity index (χ1n) is 12.8. The molecule has 4 N–H and O–H groups in total. The molecule has 9 heteroatoms. The Morgan fingerprint density at radius 1 is 1.03 bits per heavy atom. The van der Waals surface area contributed by atoms with E-state index in [-0.39, 0.29) is 56.0 Å². The lowest BCUT2D eigenvalue weighted by Crippen LogP contribution is -2.44. The van der Waals surface area contributed by atoms with E-state index in [9.17, 15) is 19.8 Å². The van der Waals surface area contributed by atoms with Gasteiger partial charge in [0.05, 0.1) is 24.9 Å². The maximum absolute atomic E-state index is 12.1. The summed E-state index contributed by atoms with van der Waals surface area (Å²) in [5.41, 5.74) is 3.28. The predicted molar refractivity (Wildman–Crippen MR) is 137 cm³/mol. The topological polar surface area (TPSA) is 129 Å². The Kier molecular flexibility index (Phi) is 9.28. The Labute approximate surface area is 217 Å². The van der Waals surface area contributed by atoms with Crippen LogP contribution in [-0.4, -0.2) is 63.9 Å². The third kappa shape index (κ3) is 7.37. The van der Waals surface area contributed by atoms with Crippen molar-refractivity contribution in [1.82, 2.24) is 4.90 Å². The third-order valence-electron chi connectivity index (χ3n) is 7.07. The van der Waals surface area contributed by atoms with Crippen LogP contribution < -0.4 is 5.32 Å². The number of nitrogens with one attached hydrogen (secondary N) is 1. The molecule has 200 valence electrons. The first-order valence-corrected chi connectivity index (χ1v) is 12.8. The lowest BCUT2D eigenvalue weighted by atomic mass is 9.90. The number of likely N-dealkylation sites (tertiary alicyclic amines) is 1. The van der Waals surface area contributed by atoms with Gasteiger partial charge in [-0.3, -0.25) is 14.5 Å². The number of carboxylic acids is 1. The number of nitrogens with zero attached hydrogens (tertiary/aromatic N) is 1. The van der Waals surface area contributed by atoms with Crippen molar-refractivity contribution >= 4 is 17.6 Å². The van der Waals surface area contributed by atoms with E-state index in [1.807, 2.05) is 36.4 Å². The van der Waals surface area contributed by atoms with Crippen LogP contribution in [0.25, 0.3) is 0 Å². The highest BCUT2D eigenvalue weighted by molar-refractivity contribution is 5.90. The summed E-state index contributed by atoms with van der Waals surface area (Å²) < 4.78 is 12.9. The Balaban J connectivity index is 1.47. The van der Waals surface area contributed by atoms with Crippen molar-refractivity contribution in [2.75, 3.05) is 25.0 Å². The summed E-state index contributed by atoms with van der Waals surface area (Å²) >= 11 is 0. The summed E-state index contributed by atoms with van der Waals surface area (Å²) in [4.78, 5) is 25.0. The van der Waals surface area contributed by atoms with Gasteiger partial charge < -0.3 is 30.1 Å². The first-order chi connectivity index (χ1) is 17.8. The van der Waals surface area contributed by atoms with Crippen LogP contribution in [0, 0.1) is 5.92 Å². The summed E-state index contributed by atoms with van der Waals surface area (Å²) in [6.45, 7) is 4.25. The number of benzene rings is 2. The zero-order valence-corrected chi connectivity index (χ0v) is 21.1. The van der Waals surface area contributed by atoms with Gasteiger partial charge in [0.25, 0.3) is 0 Å². The van der Waals surface area contributed by atoms with Gasteiger partial charge in [-0.1, -0.05) is 43.3 Å². The number of aliphatic hydroxyl groups excluding tert-OH is 2. The van der Waals surface area contributed by atoms with Crippen LogP contribution in [0.1, 0.15) is 61.7 Å². The van der Waals surface area contributed by atoms with Crippen molar-refractivity contribution in [2.24, 2.45) is 5.92 Å². The van der Waals surface area contributed by atoms with Crippen molar-refractivity contribution in [3.8, 4) is 0 Å². The van der Waals surface area contributed by atoms with E-state index in [2.05, 4.69) is 17.1 Å². The van der Waals surface area contributed by atoms with Crippen molar-refractivity contribution in [1.29, 1.82) is 0 Å². The Morgan fingerprint density at radius 2 is 1.73 bits per heavy atom. The van der Waals surface area contributed by atoms with E-state index in [1.54, 1.807) is 12.1 Å². The predicted octanol–water partition coefficient (Wildman–Crippen LogP) is 3.23. The van der Waals surface area contributed by atoms with Crippen LogP contribution >= 0.6 is 0 Å². The fourth-order valence-corrected chi connectivity index (χ4v) is 4.91. The third-order valence-corrected chi connectivity index (χ3v) is 7.07. The minimum Gasteiger partial charge on any atom is -0.481 e. The molecule has 9 nitrogen and oxygen atoms in total. The van der Waals surface area contributed by atoms with Gasteiger partial charge in [0.1, 0.15) is 0 Å². The highest BCUT2D eigenvalue weighted by Crippen LogP contribution is 2.42. The van der Waals surface area contributed by atoms with Crippen LogP contribution in [0.4, 0.5) is 5.69 Å². The fourth-order valence-electron chi connectivity index (χ4n) is 4.91. The molecule has 4 rings (SSSR count). The fraction of sp³-hybridized carbons (Fsp3) is 0.500. The molecule has 2 saturated heterocycles. The minimum absolute atomic E-state index is 0.0184. The average molecular weight is 513 g/mol. The molecular weight excluding hydrogens is 476 g/mol. The van der Waals surface area contributed by atoms with Gasteiger partial charge in [-0.2, -0.15) is 0 Å². The second-order valence-corrected chi connectivity index (χ2v) is 9.94. The normalized spacial score (nSPS) is 26.2. The summed E-state index contributed by atoms with van der Waals surface area (Å²) in [5.74, 6) is -1.09. The quantitative estimate of drug-likeness (QED) is 0.382. The molecule has 5 atom stereocenters. The molecule has 0 aromatic heterocycles. The number of amides is 1. The largest absolute Gasteiger partial charge is 0.481 e. The van der Waals surface area contributed by atoms with Gasteiger partial charge in [0, 0.05) is 49.6 Å². The SMILES string of the molecule is C[C@H]1[C@@H](CN2CC[C@H](O)C2)O[C@@H](c2ccc(NC(=O)CCCC(=O)O)cc2)O[C@H]1c1ccc(CO)cc1. The Bertz CT molecular complexity index is 1040. The number of hydrogen-bond acceptors (Lipinski definition) is 7. The van der Waals surface area contributed by atoms with Crippen LogP contribution in [0.3, 0.4) is 0 Å². The van der Waals surface area contributed by atoms with Crippen LogP contribution in [0.15, 0.2) is 48.5 Å². The molecule has 1 amide bonds. The van der Waals surface area contributed by atoms with Gasteiger partial charge in [-0.15, -0.1) is 0 Å². The van der Waals surface area contributed by atoms with Crippen molar-refractivity contribution < 1.29 is 34.4 Å². The highest BCUT2D eigenvalue weighted by atomic mass is 16.7. The summed E-state index contributed by atoms with van der Waals surface area (Å²) in [6, 6.07) is 15.0. The summed E-state index contributed by atoms with van der Waals surface area (Å²) in [7, 11) is 0. The average Bonchev–Trinajstić information content (AvgIpc) is 3.30. The number of rotatable bonds is 10. The van der Waals surface area contributed by atoms with Crippen LogP contribution in [-0.2, 0) is 25.7 Å². The second kappa shape index (κ2) is 12.6. The first kappa shape index (κ1) is 27.2. The molecule has 2 aromatic carbocycles. The molecule has 2 heterocycles. The lowest BCUT2D eigenvalue weighted by Gasteiger charge is -2.42. The molecular formula is C28H36N2O7. The number of carbonyl (C=O) groups excluding carboxylic acids is 1. The number of ether oxygens (including phenoxy) is 2. The summed E-state index contributed by atoms with van der Waals surface area (Å²) in [6.07, 6.45) is -0.116. The van der Waals surface area contributed by atoms with E-state index in [0.717, 1.165) is 29.7 Å². The molecule has 2 aromatic rings. The standard InChI is InChI=1S/C28H36N2O7/c1-18-24(16-30-14-13-23(32)15-30)36-28(37-27(18)20-7-5-19(17-31)6-8-20)21-9-11-22(12-10-21)29-25(33)3-2-4-26(34)35/h5-12,18,23-24,27-28,31-32H,2-4,13-17H2,1H3,(H,29,33)(H,34,35)/t18-,23-,24+,27+,28+/m0/s1. The Hall–Kier alpha value is -2.82. The molecule has 0 spiro atoms. The van der Waals surface area contributed by atoms with Gasteiger partial charge in [-0.25, -0.2) is 0 Å². The number of hydrogen-bond donors (Lipinski definition) is 4. The molecule has 2 fully saturated rings. The number of aliphatic hydroxyl groups is 2. The highest BCUT2D eigenvalue weighted by Gasteiger charge is 2.39. The molecule has 0 saturated carbocycles. The van der Waals surface area contributed by atoms with Crippen LogP contribution in [0.5, 0.6) is 0 Å². The zero-order chi connectivity index (χ0) is 26.4. The maximum atomic E-state index is 12.1. The second-order valence-electron chi connectivity index (χ2n) is 9.94. The number of carbonyl (C=O) groups is 2. The van der Waals surface area contributed by atoms with E-state index in [1.165, 1.54) is 0 Å². The number of β-amino-alcohol motifs (C(OH)–C–C–N with tert-alkyl or cyclic N) is 1. The van der Waals surface area contributed by atoms with E-state index >= 15 is 0 Å². The molecule has 0 aliphatic carbocycles. The molecule has 37 heavy (non-hydrogen) atoms. The van der Waals surface area contributed by atoms with E-state index < -0.39 is 12.3 Å². The minimum atomic E-state index is -0.916. The number of aliphatic carboxylic acids is 1. The van der Waals surface area contributed by atoms with E-state index in [4.69, 9.17) is 14.6 Å². The zero-order valence-electron chi connectivity index (χ0n) is 21.1. The van der Waals surface area contributed by atoms with Crippen molar-refractivity contribution in [3.05, 3.63) is 65.2 Å². The number of anilines is 1. The molecule has 0 radical (unpaired) electrons. The molecule has 0 unspecified atom stereocenters. The molecule has 2 aliphatic heterocycles. The molecule has 0 bridgehead atoms. The number of carboxylic acid groups (broad SMARTS) is 1. The van der Waals surface area contributed by atoms with Gasteiger partial charge in [0.2, 0.25) is 5.91 Å².